The predicted octanol–water partition coefficient (Wildman–Crippen LogP) is 4.19. The summed E-state index contributed by atoms with van der Waals surface area (Å²) in [7, 11) is 0. The highest BCUT2D eigenvalue weighted by Gasteiger charge is 2.45. The van der Waals surface area contributed by atoms with Gasteiger partial charge >= 0.3 is 0 Å². The fourth-order valence-corrected chi connectivity index (χ4v) is 2.60. The molecule has 1 nitrogen and oxygen atoms in total. The highest BCUT2D eigenvalue weighted by Crippen LogP contribution is 2.45. The van der Waals surface area contributed by atoms with Crippen LogP contribution in [0.15, 0.2) is 60.7 Å². The van der Waals surface area contributed by atoms with Gasteiger partial charge in [0.25, 0.3) is 0 Å². The van der Waals surface area contributed by atoms with Crippen molar-refractivity contribution < 1.29 is 5.11 Å². The number of hydrogen-bond donors (Lipinski definition) is 1. The minimum atomic E-state index is -1.10. The van der Waals surface area contributed by atoms with E-state index in [0.29, 0.717) is 5.88 Å². The van der Waals surface area contributed by atoms with E-state index in [9.17, 15) is 5.11 Å². The van der Waals surface area contributed by atoms with Gasteiger partial charge in [-0.25, -0.2) is 0 Å². The second-order valence-corrected chi connectivity index (χ2v) is 5.73. The molecule has 1 N–H and O–H groups in total. The standard InChI is InChI=1S/C17H19ClO/c1-16(2,13-18)17(19,14-9-5-3-6-10-14)15-11-7-4-8-12-15/h3-12,19H,13H2,1-2H3. The van der Waals surface area contributed by atoms with Gasteiger partial charge in [0.05, 0.1) is 0 Å². The van der Waals surface area contributed by atoms with Crippen LogP contribution in [-0.4, -0.2) is 11.0 Å². The molecule has 2 aromatic rings. The van der Waals surface area contributed by atoms with Crippen LogP contribution in [0, 0.1) is 5.41 Å². The van der Waals surface area contributed by atoms with Gasteiger partial charge in [-0.1, -0.05) is 74.5 Å². The molecule has 0 bridgehead atoms. The van der Waals surface area contributed by atoms with Gasteiger partial charge in [0.15, 0.2) is 0 Å². The lowest BCUT2D eigenvalue weighted by Crippen LogP contribution is -2.44. The van der Waals surface area contributed by atoms with Crippen molar-refractivity contribution in [1.29, 1.82) is 0 Å². The molecule has 0 unspecified atom stereocenters. The Morgan fingerprint density at radius 2 is 1.21 bits per heavy atom. The van der Waals surface area contributed by atoms with E-state index in [4.69, 9.17) is 11.6 Å². The summed E-state index contributed by atoms with van der Waals surface area (Å²) >= 11 is 6.12. The molecule has 0 aromatic heterocycles. The molecule has 0 fully saturated rings. The van der Waals surface area contributed by atoms with Crippen molar-refractivity contribution in [3.63, 3.8) is 0 Å². The molecule has 2 aromatic carbocycles. The molecular formula is C17H19ClO. The Hall–Kier alpha value is -1.31. The highest BCUT2D eigenvalue weighted by molar-refractivity contribution is 6.18. The quantitative estimate of drug-likeness (QED) is 0.829. The third-order valence-electron chi connectivity index (χ3n) is 3.70. The zero-order valence-corrected chi connectivity index (χ0v) is 12.1. The van der Waals surface area contributed by atoms with Crippen molar-refractivity contribution in [2.45, 2.75) is 19.4 Å². The molecule has 0 radical (unpaired) electrons. The monoisotopic (exact) mass is 274 g/mol. The fourth-order valence-electron chi connectivity index (χ4n) is 2.40. The van der Waals surface area contributed by atoms with E-state index < -0.39 is 11.0 Å². The van der Waals surface area contributed by atoms with Gasteiger partial charge in [-0.05, 0) is 11.1 Å². The zero-order valence-electron chi connectivity index (χ0n) is 11.3. The van der Waals surface area contributed by atoms with Crippen LogP contribution in [-0.2, 0) is 5.60 Å². The summed E-state index contributed by atoms with van der Waals surface area (Å²) < 4.78 is 0. The normalized spacial score (nSPS) is 12.4. The van der Waals surface area contributed by atoms with Crippen LogP contribution in [0.2, 0.25) is 0 Å². The average Bonchev–Trinajstić information content (AvgIpc) is 2.48. The number of hydrogen-bond acceptors (Lipinski definition) is 1. The minimum absolute atomic E-state index is 0.368. The van der Waals surface area contributed by atoms with Gasteiger partial charge in [0.2, 0.25) is 0 Å². The Balaban J connectivity index is 2.65. The molecule has 19 heavy (non-hydrogen) atoms. The molecule has 2 rings (SSSR count). The Morgan fingerprint density at radius 1 is 0.842 bits per heavy atom. The van der Waals surface area contributed by atoms with E-state index in [1.54, 1.807) is 0 Å². The first-order chi connectivity index (χ1) is 9.02. The lowest BCUT2D eigenvalue weighted by Gasteiger charge is -2.42. The van der Waals surface area contributed by atoms with E-state index in [0.717, 1.165) is 11.1 Å². The summed E-state index contributed by atoms with van der Waals surface area (Å²) in [4.78, 5) is 0. The van der Waals surface area contributed by atoms with Gasteiger partial charge in [-0.15, -0.1) is 11.6 Å². The largest absolute Gasteiger partial charge is 0.380 e. The summed E-state index contributed by atoms with van der Waals surface area (Å²) in [5.74, 6) is 0.368. The van der Waals surface area contributed by atoms with Gasteiger partial charge < -0.3 is 5.11 Å². The van der Waals surface area contributed by atoms with E-state index >= 15 is 0 Å². The molecule has 0 amide bonds. The number of benzene rings is 2. The summed E-state index contributed by atoms with van der Waals surface area (Å²) in [6.45, 7) is 3.97. The summed E-state index contributed by atoms with van der Waals surface area (Å²) in [5.41, 5.74) is 0.160. The lowest BCUT2D eigenvalue weighted by molar-refractivity contribution is -0.0238. The topological polar surface area (TPSA) is 20.2 Å². The van der Waals surface area contributed by atoms with Crippen LogP contribution in [0.4, 0.5) is 0 Å². The fraction of sp³-hybridized carbons (Fsp3) is 0.294. The van der Waals surface area contributed by atoms with Crippen LogP contribution in [0.5, 0.6) is 0 Å². The first kappa shape index (κ1) is 14.1. The maximum Gasteiger partial charge on any atom is 0.121 e. The van der Waals surface area contributed by atoms with E-state index in [1.165, 1.54) is 0 Å². The molecular weight excluding hydrogens is 256 g/mol. The molecule has 100 valence electrons. The number of halogens is 1. The van der Waals surface area contributed by atoms with Crippen LogP contribution in [0.1, 0.15) is 25.0 Å². The van der Waals surface area contributed by atoms with Crippen molar-refractivity contribution >= 4 is 11.6 Å². The summed E-state index contributed by atoms with van der Waals surface area (Å²) in [6, 6.07) is 19.4. The van der Waals surface area contributed by atoms with Crippen molar-refractivity contribution in [1.82, 2.24) is 0 Å². The number of alkyl halides is 1. The molecule has 0 saturated heterocycles. The van der Waals surface area contributed by atoms with Crippen LogP contribution < -0.4 is 0 Å². The van der Waals surface area contributed by atoms with Gasteiger partial charge in [-0.3, -0.25) is 0 Å². The van der Waals surface area contributed by atoms with E-state index in [2.05, 4.69) is 0 Å². The van der Waals surface area contributed by atoms with Gasteiger partial charge in [-0.2, -0.15) is 0 Å². The van der Waals surface area contributed by atoms with Crippen molar-refractivity contribution in [2.75, 3.05) is 5.88 Å². The van der Waals surface area contributed by atoms with Gasteiger partial charge in [0.1, 0.15) is 5.60 Å². The lowest BCUT2D eigenvalue weighted by atomic mass is 9.68. The maximum atomic E-state index is 11.4. The van der Waals surface area contributed by atoms with Crippen molar-refractivity contribution in [3.05, 3.63) is 71.8 Å². The number of rotatable bonds is 4. The Bertz CT molecular complexity index is 480. The minimum Gasteiger partial charge on any atom is -0.380 e. The van der Waals surface area contributed by atoms with Crippen LogP contribution >= 0.6 is 11.6 Å². The number of aliphatic hydroxyl groups is 1. The van der Waals surface area contributed by atoms with E-state index in [1.807, 2.05) is 74.5 Å². The first-order valence-corrected chi connectivity index (χ1v) is 6.95. The molecule has 0 aliphatic carbocycles. The second kappa shape index (κ2) is 5.36. The third kappa shape index (κ3) is 2.41. The summed E-state index contributed by atoms with van der Waals surface area (Å²) in [6.07, 6.45) is 0. The SMILES string of the molecule is CC(C)(CCl)C(O)(c1ccccc1)c1ccccc1. The second-order valence-electron chi connectivity index (χ2n) is 5.46. The maximum absolute atomic E-state index is 11.4. The Kier molecular flexibility index (Phi) is 3.98. The third-order valence-corrected chi connectivity index (χ3v) is 4.36. The highest BCUT2D eigenvalue weighted by atomic mass is 35.5. The smallest absolute Gasteiger partial charge is 0.121 e. The van der Waals surface area contributed by atoms with Crippen molar-refractivity contribution in [3.8, 4) is 0 Å². The predicted molar refractivity (Wildman–Crippen MR) is 80.4 cm³/mol. The molecule has 0 aliphatic heterocycles. The molecule has 0 atom stereocenters. The molecule has 0 spiro atoms. The first-order valence-electron chi connectivity index (χ1n) is 6.42. The van der Waals surface area contributed by atoms with E-state index in [-0.39, 0.29) is 0 Å². The van der Waals surface area contributed by atoms with Crippen LogP contribution in [0.25, 0.3) is 0 Å². The van der Waals surface area contributed by atoms with Gasteiger partial charge in [0, 0.05) is 11.3 Å². The molecule has 0 saturated carbocycles. The average molecular weight is 275 g/mol. The summed E-state index contributed by atoms with van der Waals surface area (Å²) in [5, 5.41) is 11.4. The van der Waals surface area contributed by atoms with Crippen LogP contribution in [0.3, 0.4) is 0 Å². The van der Waals surface area contributed by atoms with Crippen molar-refractivity contribution in [2.24, 2.45) is 5.41 Å². The molecule has 2 heteroatoms. The Morgan fingerprint density at radius 3 is 1.53 bits per heavy atom. The zero-order chi connectivity index (χ0) is 13.9. The Labute approximate surface area is 119 Å². The molecule has 0 aliphatic rings. The molecule has 0 heterocycles.